The number of pyridine rings is 2. The molecule has 1 amide bonds. The van der Waals surface area contributed by atoms with Crippen molar-refractivity contribution in [3.63, 3.8) is 0 Å². The maximum Gasteiger partial charge on any atom is 0.294 e. The van der Waals surface area contributed by atoms with Gasteiger partial charge in [-0.1, -0.05) is 34.8 Å². The molecule has 11 nitrogen and oxygen atoms in total. The van der Waals surface area contributed by atoms with Crippen LogP contribution in [0.2, 0.25) is 0 Å². The van der Waals surface area contributed by atoms with Gasteiger partial charge in [0, 0.05) is 56.1 Å². The second kappa shape index (κ2) is 11.9. The van der Waals surface area contributed by atoms with Crippen LogP contribution in [0, 0.1) is 0 Å². The highest BCUT2D eigenvalue weighted by Crippen LogP contribution is 2.29. The van der Waals surface area contributed by atoms with Crippen molar-refractivity contribution in [3.05, 3.63) is 65.2 Å². The SMILES string of the molecule is O=C(Cc1ccccn1)Cc1nnc(OC2CCN(c3nnc(NC(=O)Cc4ccccn4)s3)CC2)s1. The van der Waals surface area contributed by atoms with Gasteiger partial charge in [0.2, 0.25) is 16.2 Å². The Morgan fingerprint density at radius 2 is 1.62 bits per heavy atom. The highest BCUT2D eigenvalue weighted by molar-refractivity contribution is 7.19. The Hall–Kier alpha value is -3.84. The number of anilines is 2. The molecule has 0 bridgehead atoms. The van der Waals surface area contributed by atoms with Gasteiger partial charge in [0.15, 0.2) is 0 Å². The normalized spacial score (nSPS) is 13.9. The summed E-state index contributed by atoms with van der Waals surface area (Å²) in [5.41, 5.74) is 1.44. The summed E-state index contributed by atoms with van der Waals surface area (Å²) in [5.74, 6) is -0.137. The average Bonchev–Trinajstić information content (AvgIpc) is 3.55. The van der Waals surface area contributed by atoms with E-state index in [1.807, 2.05) is 36.4 Å². The van der Waals surface area contributed by atoms with E-state index in [0.717, 1.165) is 36.8 Å². The smallest absolute Gasteiger partial charge is 0.294 e. The zero-order valence-corrected chi connectivity index (χ0v) is 21.5. The van der Waals surface area contributed by atoms with Crippen molar-refractivity contribution in [1.29, 1.82) is 0 Å². The van der Waals surface area contributed by atoms with E-state index in [1.165, 1.54) is 22.7 Å². The Labute approximate surface area is 221 Å². The number of nitrogens with one attached hydrogen (secondary N) is 1. The molecule has 0 atom stereocenters. The average molecular weight is 537 g/mol. The van der Waals surface area contributed by atoms with Crippen LogP contribution < -0.4 is 15.0 Å². The quantitative estimate of drug-likeness (QED) is 0.322. The molecule has 5 heterocycles. The van der Waals surface area contributed by atoms with Crippen molar-refractivity contribution < 1.29 is 14.3 Å². The fraction of sp³-hybridized carbons (Fsp3) is 0.333. The molecule has 190 valence electrons. The van der Waals surface area contributed by atoms with Gasteiger partial charge in [-0.25, -0.2) is 0 Å². The minimum atomic E-state index is -0.177. The largest absolute Gasteiger partial charge is 0.465 e. The fourth-order valence-corrected chi connectivity index (χ4v) is 5.42. The summed E-state index contributed by atoms with van der Waals surface area (Å²) in [6.45, 7) is 1.49. The summed E-state index contributed by atoms with van der Waals surface area (Å²) >= 11 is 2.65. The molecule has 5 rings (SSSR count). The Bertz CT molecular complexity index is 1320. The van der Waals surface area contributed by atoms with Crippen LogP contribution in [0.15, 0.2) is 48.8 Å². The number of nitrogens with zero attached hydrogens (tertiary/aromatic N) is 7. The Morgan fingerprint density at radius 1 is 0.892 bits per heavy atom. The second-order valence-corrected chi connectivity index (χ2v) is 10.4. The Balaban J connectivity index is 1.06. The maximum atomic E-state index is 12.3. The molecule has 0 radical (unpaired) electrons. The molecule has 4 aromatic rings. The van der Waals surface area contributed by atoms with Gasteiger partial charge in [-0.05, 0) is 24.3 Å². The van der Waals surface area contributed by atoms with E-state index in [0.29, 0.717) is 21.0 Å². The summed E-state index contributed by atoms with van der Waals surface area (Å²) in [6.07, 6.45) is 5.59. The van der Waals surface area contributed by atoms with E-state index < -0.39 is 0 Å². The number of piperidine rings is 1. The number of carbonyl (C=O) groups excluding carboxylic acids is 2. The maximum absolute atomic E-state index is 12.3. The van der Waals surface area contributed by atoms with E-state index in [1.54, 1.807) is 12.4 Å². The molecule has 13 heteroatoms. The summed E-state index contributed by atoms with van der Waals surface area (Å²) in [4.78, 5) is 35.1. The molecule has 0 aromatic carbocycles. The molecule has 1 saturated heterocycles. The molecule has 1 N–H and O–H groups in total. The summed E-state index contributed by atoms with van der Waals surface area (Å²) < 4.78 is 6.03. The third-order valence-electron chi connectivity index (χ3n) is 5.61. The first-order chi connectivity index (χ1) is 18.1. The van der Waals surface area contributed by atoms with Crippen LogP contribution in [0.5, 0.6) is 5.19 Å². The predicted molar refractivity (Wildman–Crippen MR) is 139 cm³/mol. The molecule has 1 aliphatic heterocycles. The number of Topliss-reactive ketones (excluding diaryl/α,β-unsaturated/α-hetero) is 1. The van der Waals surface area contributed by atoms with Gasteiger partial charge < -0.3 is 15.0 Å². The lowest BCUT2D eigenvalue weighted by Gasteiger charge is -2.30. The van der Waals surface area contributed by atoms with Crippen LogP contribution in [0.1, 0.15) is 29.2 Å². The van der Waals surface area contributed by atoms with Gasteiger partial charge in [0.05, 0.1) is 12.8 Å². The first-order valence-electron chi connectivity index (χ1n) is 11.8. The number of carbonyl (C=O) groups is 2. The van der Waals surface area contributed by atoms with Crippen LogP contribution in [0.3, 0.4) is 0 Å². The van der Waals surface area contributed by atoms with Crippen LogP contribution in [-0.2, 0) is 28.9 Å². The van der Waals surface area contributed by atoms with E-state index >= 15 is 0 Å². The third kappa shape index (κ3) is 7.11. The van der Waals surface area contributed by atoms with Gasteiger partial charge in [-0.3, -0.25) is 19.6 Å². The van der Waals surface area contributed by atoms with Crippen LogP contribution in [0.25, 0.3) is 0 Å². The van der Waals surface area contributed by atoms with Crippen molar-refractivity contribution in [2.45, 2.75) is 38.2 Å². The highest BCUT2D eigenvalue weighted by Gasteiger charge is 2.24. The van der Waals surface area contributed by atoms with Crippen molar-refractivity contribution in [3.8, 4) is 5.19 Å². The molecular weight excluding hydrogens is 512 g/mol. The zero-order valence-electron chi connectivity index (χ0n) is 19.8. The predicted octanol–water partition coefficient (Wildman–Crippen LogP) is 2.76. The molecule has 37 heavy (non-hydrogen) atoms. The first-order valence-corrected chi connectivity index (χ1v) is 13.4. The van der Waals surface area contributed by atoms with Crippen LogP contribution in [-0.4, -0.2) is 61.2 Å². The lowest BCUT2D eigenvalue weighted by atomic mass is 10.1. The zero-order chi connectivity index (χ0) is 25.5. The van der Waals surface area contributed by atoms with Crippen molar-refractivity contribution in [1.82, 2.24) is 30.4 Å². The van der Waals surface area contributed by atoms with Crippen molar-refractivity contribution in [2.75, 3.05) is 23.3 Å². The molecule has 1 fully saturated rings. The Morgan fingerprint density at radius 3 is 2.32 bits per heavy atom. The molecule has 0 aliphatic carbocycles. The molecule has 4 aromatic heterocycles. The van der Waals surface area contributed by atoms with Crippen molar-refractivity contribution >= 4 is 44.6 Å². The van der Waals surface area contributed by atoms with Gasteiger partial charge in [0.25, 0.3) is 5.19 Å². The Kier molecular flexibility index (Phi) is 8.01. The lowest BCUT2D eigenvalue weighted by Crippen LogP contribution is -2.38. The number of hydrogen-bond donors (Lipinski definition) is 1. The van der Waals surface area contributed by atoms with Crippen LogP contribution >= 0.6 is 22.7 Å². The number of hydrogen-bond acceptors (Lipinski definition) is 12. The van der Waals surface area contributed by atoms with Crippen molar-refractivity contribution in [2.24, 2.45) is 0 Å². The highest BCUT2D eigenvalue weighted by atomic mass is 32.1. The van der Waals surface area contributed by atoms with Gasteiger partial charge in [-0.2, -0.15) is 0 Å². The summed E-state index contributed by atoms with van der Waals surface area (Å²) in [7, 11) is 0. The number of aromatic nitrogens is 6. The molecule has 1 aliphatic rings. The van der Waals surface area contributed by atoms with Gasteiger partial charge in [0.1, 0.15) is 16.9 Å². The minimum absolute atomic E-state index is 0.00624. The van der Waals surface area contributed by atoms with Crippen LogP contribution in [0.4, 0.5) is 10.3 Å². The van der Waals surface area contributed by atoms with Gasteiger partial charge >= 0.3 is 0 Å². The second-order valence-electron chi connectivity index (χ2n) is 8.42. The summed E-state index contributed by atoms with van der Waals surface area (Å²) in [6, 6.07) is 11.0. The van der Waals surface area contributed by atoms with E-state index in [-0.39, 0.29) is 37.1 Å². The molecule has 0 spiro atoms. The number of ketones is 1. The monoisotopic (exact) mass is 536 g/mol. The number of amides is 1. The standard InChI is InChI=1S/C24H24N8O3S2/c33-18(13-16-5-1-3-9-25-16)15-21-28-31-24(36-21)35-19-7-11-32(12-8-19)23-30-29-22(37-23)27-20(34)14-17-6-2-4-10-26-17/h1-6,9-10,19H,7-8,11-15H2,(H,27,29,34). The van der Waals surface area contributed by atoms with Gasteiger partial charge in [-0.15, -0.1) is 20.4 Å². The lowest BCUT2D eigenvalue weighted by molar-refractivity contribution is -0.118. The fourth-order valence-electron chi connectivity index (χ4n) is 3.83. The minimum Gasteiger partial charge on any atom is -0.465 e. The summed E-state index contributed by atoms with van der Waals surface area (Å²) in [5, 5.41) is 21.7. The molecule has 0 unspecified atom stereocenters. The van der Waals surface area contributed by atoms with E-state index in [9.17, 15) is 9.59 Å². The molecule has 0 saturated carbocycles. The van der Waals surface area contributed by atoms with E-state index in [2.05, 4.69) is 40.6 Å². The third-order valence-corrected chi connectivity index (χ3v) is 7.32. The topological polar surface area (TPSA) is 136 Å². The first kappa shape index (κ1) is 24.8. The number of rotatable bonds is 10. The molecular formula is C24H24N8O3S2. The number of ether oxygens (including phenoxy) is 1. The van der Waals surface area contributed by atoms with E-state index in [4.69, 9.17) is 4.74 Å².